The van der Waals surface area contributed by atoms with E-state index in [9.17, 15) is 19.4 Å². The van der Waals surface area contributed by atoms with Crippen LogP contribution in [0.3, 0.4) is 0 Å². The number of halogens is 1. The number of ether oxygens (including phenoxy) is 4. The summed E-state index contributed by atoms with van der Waals surface area (Å²) in [5.41, 5.74) is 0. The molecule has 0 saturated carbocycles. The standard InChI is InChI=1S/C14H23FO7/c1-7-5-9(15)14(18,12(17)19-4)22-11(7)10(16)8-6-20-13(2,3)21-8/h7-11,16,18H,5-6H2,1-4H3. The number of carbonyl (C=O) groups is 1. The second-order valence-electron chi connectivity index (χ2n) is 6.31. The first-order valence-electron chi connectivity index (χ1n) is 7.23. The summed E-state index contributed by atoms with van der Waals surface area (Å²) < 4.78 is 34.6. The number of aliphatic hydroxyl groups is 2. The molecular weight excluding hydrogens is 299 g/mol. The van der Waals surface area contributed by atoms with Gasteiger partial charge in [0.15, 0.2) is 12.0 Å². The number of aliphatic hydroxyl groups excluding tert-OH is 1. The fourth-order valence-electron chi connectivity index (χ4n) is 2.84. The van der Waals surface area contributed by atoms with Gasteiger partial charge in [-0.25, -0.2) is 9.18 Å². The van der Waals surface area contributed by atoms with Crippen LogP contribution in [-0.4, -0.2) is 66.0 Å². The minimum absolute atomic E-state index is 0.135. The van der Waals surface area contributed by atoms with Crippen molar-refractivity contribution >= 4 is 5.97 Å². The van der Waals surface area contributed by atoms with Gasteiger partial charge in [-0.15, -0.1) is 0 Å². The normalized spacial score (nSPS) is 42.9. The third kappa shape index (κ3) is 3.11. The Bertz CT molecular complexity index is 429. The fraction of sp³-hybridized carbons (Fsp3) is 0.929. The number of carbonyl (C=O) groups excluding carboxylic acids is 1. The van der Waals surface area contributed by atoms with Gasteiger partial charge in [0.05, 0.1) is 19.8 Å². The zero-order valence-electron chi connectivity index (χ0n) is 13.1. The van der Waals surface area contributed by atoms with Gasteiger partial charge in [0, 0.05) is 0 Å². The molecule has 0 aliphatic carbocycles. The predicted molar refractivity (Wildman–Crippen MR) is 71.4 cm³/mol. The fourth-order valence-corrected chi connectivity index (χ4v) is 2.84. The maximum atomic E-state index is 14.0. The smallest absolute Gasteiger partial charge is 0.369 e. The summed E-state index contributed by atoms with van der Waals surface area (Å²) >= 11 is 0. The molecule has 2 saturated heterocycles. The molecular formula is C14H23FO7. The van der Waals surface area contributed by atoms with Crippen molar-refractivity contribution in [3.05, 3.63) is 0 Å². The molecule has 2 heterocycles. The van der Waals surface area contributed by atoms with Crippen LogP contribution in [0.4, 0.5) is 4.39 Å². The van der Waals surface area contributed by atoms with E-state index in [4.69, 9.17) is 14.2 Å². The molecule has 6 atom stereocenters. The third-order valence-electron chi connectivity index (χ3n) is 4.11. The molecule has 0 aromatic heterocycles. The lowest BCUT2D eigenvalue weighted by molar-refractivity contribution is -0.309. The van der Waals surface area contributed by atoms with E-state index in [-0.39, 0.29) is 13.0 Å². The van der Waals surface area contributed by atoms with E-state index in [1.807, 2.05) is 0 Å². The van der Waals surface area contributed by atoms with Crippen molar-refractivity contribution in [3.63, 3.8) is 0 Å². The van der Waals surface area contributed by atoms with Crippen LogP contribution in [0.1, 0.15) is 27.2 Å². The lowest BCUT2D eigenvalue weighted by Gasteiger charge is -2.43. The first-order valence-corrected chi connectivity index (χ1v) is 7.23. The van der Waals surface area contributed by atoms with E-state index in [0.717, 1.165) is 7.11 Å². The van der Waals surface area contributed by atoms with Gasteiger partial charge in [0.25, 0.3) is 5.79 Å². The van der Waals surface area contributed by atoms with Gasteiger partial charge >= 0.3 is 5.97 Å². The molecule has 0 radical (unpaired) electrons. The van der Waals surface area contributed by atoms with Crippen LogP contribution in [-0.2, 0) is 23.7 Å². The summed E-state index contributed by atoms with van der Waals surface area (Å²) in [6.45, 7) is 5.20. The van der Waals surface area contributed by atoms with E-state index >= 15 is 0 Å². The quantitative estimate of drug-likeness (QED) is 0.713. The van der Waals surface area contributed by atoms with Crippen molar-refractivity contribution < 1.29 is 38.3 Å². The van der Waals surface area contributed by atoms with Crippen molar-refractivity contribution in [1.29, 1.82) is 0 Å². The highest BCUT2D eigenvalue weighted by Crippen LogP contribution is 2.37. The highest BCUT2D eigenvalue weighted by molar-refractivity contribution is 5.78. The lowest BCUT2D eigenvalue weighted by atomic mass is 9.86. The zero-order valence-corrected chi connectivity index (χ0v) is 13.1. The average Bonchev–Trinajstić information content (AvgIpc) is 2.81. The Morgan fingerprint density at radius 1 is 1.41 bits per heavy atom. The van der Waals surface area contributed by atoms with Crippen molar-refractivity contribution in [1.82, 2.24) is 0 Å². The number of hydrogen-bond donors (Lipinski definition) is 2. The zero-order chi connectivity index (χ0) is 16.7. The Hall–Kier alpha value is -0.800. The lowest BCUT2D eigenvalue weighted by Crippen LogP contribution is -2.61. The molecule has 0 bridgehead atoms. The first kappa shape index (κ1) is 17.6. The number of rotatable bonds is 3. The van der Waals surface area contributed by atoms with Crippen molar-refractivity contribution in [3.8, 4) is 0 Å². The summed E-state index contributed by atoms with van der Waals surface area (Å²) in [6, 6.07) is 0. The molecule has 0 aromatic carbocycles. The molecule has 2 N–H and O–H groups in total. The second-order valence-corrected chi connectivity index (χ2v) is 6.31. The SMILES string of the molecule is COC(=O)C1(O)OC(C(O)C2COC(C)(C)O2)C(C)CC1F. The van der Waals surface area contributed by atoms with Gasteiger partial charge in [-0.05, 0) is 26.2 Å². The van der Waals surface area contributed by atoms with Crippen molar-refractivity contribution in [2.45, 2.75) is 63.2 Å². The highest BCUT2D eigenvalue weighted by Gasteiger charge is 2.56. The van der Waals surface area contributed by atoms with Crippen LogP contribution in [0, 0.1) is 5.92 Å². The van der Waals surface area contributed by atoms with Gasteiger partial charge in [-0.1, -0.05) is 6.92 Å². The summed E-state index contributed by atoms with van der Waals surface area (Å²) in [6.07, 6.45) is -4.94. The monoisotopic (exact) mass is 322 g/mol. The van der Waals surface area contributed by atoms with E-state index in [0.29, 0.717) is 0 Å². The van der Waals surface area contributed by atoms with Crippen LogP contribution in [0.5, 0.6) is 0 Å². The van der Waals surface area contributed by atoms with Gasteiger partial charge in [0.2, 0.25) is 0 Å². The molecule has 128 valence electrons. The molecule has 8 heteroatoms. The Labute approximate surface area is 128 Å². The van der Waals surface area contributed by atoms with Gasteiger partial charge in [-0.2, -0.15) is 0 Å². The predicted octanol–water partition coefficient (Wildman–Crippen LogP) is 0.123. The summed E-state index contributed by atoms with van der Waals surface area (Å²) in [5, 5.41) is 20.6. The maximum Gasteiger partial charge on any atom is 0.369 e. The molecule has 2 aliphatic rings. The van der Waals surface area contributed by atoms with Crippen LogP contribution >= 0.6 is 0 Å². The molecule has 0 aromatic rings. The Morgan fingerprint density at radius 2 is 2.05 bits per heavy atom. The average molecular weight is 322 g/mol. The Balaban J connectivity index is 2.14. The minimum atomic E-state index is -2.72. The molecule has 22 heavy (non-hydrogen) atoms. The molecule has 2 aliphatic heterocycles. The number of hydrogen-bond acceptors (Lipinski definition) is 7. The van der Waals surface area contributed by atoms with E-state index < -0.39 is 47.9 Å². The highest BCUT2D eigenvalue weighted by atomic mass is 19.1. The first-order chi connectivity index (χ1) is 10.1. The molecule has 2 fully saturated rings. The molecule has 7 nitrogen and oxygen atoms in total. The Kier molecular flexibility index (Phi) is 4.79. The van der Waals surface area contributed by atoms with E-state index in [1.165, 1.54) is 0 Å². The number of esters is 1. The van der Waals surface area contributed by atoms with Crippen LogP contribution in [0.25, 0.3) is 0 Å². The largest absolute Gasteiger partial charge is 0.465 e. The van der Waals surface area contributed by atoms with Gasteiger partial charge in [-0.3, -0.25) is 0 Å². The topological polar surface area (TPSA) is 94.5 Å². The van der Waals surface area contributed by atoms with E-state index in [1.54, 1.807) is 20.8 Å². The van der Waals surface area contributed by atoms with Gasteiger partial charge in [0.1, 0.15) is 12.2 Å². The van der Waals surface area contributed by atoms with Crippen LogP contribution in [0.2, 0.25) is 0 Å². The van der Waals surface area contributed by atoms with Crippen molar-refractivity contribution in [2.24, 2.45) is 5.92 Å². The summed E-state index contributed by atoms with van der Waals surface area (Å²) in [4.78, 5) is 11.6. The molecule has 0 spiro atoms. The minimum Gasteiger partial charge on any atom is -0.465 e. The van der Waals surface area contributed by atoms with Gasteiger partial charge < -0.3 is 29.2 Å². The van der Waals surface area contributed by atoms with E-state index in [2.05, 4.69) is 4.74 Å². The third-order valence-corrected chi connectivity index (χ3v) is 4.11. The van der Waals surface area contributed by atoms with Crippen LogP contribution < -0.4 is 0 Å². The number of alkyl halides is 1. The Morgan fingerprint density at radius 3 is 2.55 bits per heavy atom. The maximum absolute atomic E-state index is 14.0. The van der Waals surface area contributed by atoms with Crippen molar-refractivity contribution in [2.75, 3.05) is 13.7 Å². The van der Waals surface area contributed by atoms with Crippen LogP contribution in [0.15, 0.2) is 0 Å². The summed E-state index contributed by atoms with van der Waals surface area (Å²) in [7, 11) is 1.02. The summed E-state index contributed by atoms with van der Waals surface area (Å²) in [5.74, 6) is -5.22. The molecule has 2 rings (SSSR count). The number of methoxy groups -OCH3 is 1. The second kappa shape index (κ2) is 6.01. The molecule has 6 unspecified atom stereocenters. The molecule has 0 amide bonds.